The third-order valence-corrected chi connectivity index (χ3v) is 8.72. The minimum Gasteiger partial charge on any atom is -0.458 e. The fraction of sp³-hybridized carbons (Fsp3) is 0.741. The van der Waals surface area contributed by atoms with Crippen LogP contribution in [0.15, 0.2) is 11.0 Å². The third kappa shape index (κ3) is 6.59. The zero-order valence-electron chi connectivity index (χ0n) is 22.0. The van der Waals surface area contributed by atoms with E-state index >= 15 is 0 Å². The van der Waals surface area contributed by atoms with Gasteiger partial charge in [-0.3, -0.25) is 9.59 Å². The molecule has 0 spiro atoms. The molecular formula is C27H41NO6S. The molecule has 2 fully saturated rings. The van der Waals surface area contributed by atoms with Crippen molar-refractivity contribution >= 4 is 29.2 Å². The van der Waals surface area contributed by atoms with Crippen LogP contribution in [0.3, 0.4) is 0 Å². The zero-order valence-corrected chi connectivity index (χ0v) is 22.9. The Labute approximate surface area is 212 Å². The lowest BCUT2D eigenvalue weighted by atomic mass is 9.73. The minimum absolute atomic E-state index is 0.0455. The predicted octanol–water partition coefficient (Wildman–Crippen LogP) is 4.48. The number of aliphatic hydroxyl groups excluding tert-OH is 2. The van der Waals surface area contributed by atoms with Gasteiger partial charge in [0.2, 0.25) is 0 Å². The van der Waals surface area contributed by atoms with Gasteiger partial charge >= 0.3 is 5.97 Å². The number of aryl methyl sites for hydroxylation is 1. The number of esters is 1. The number of thiazole rings is 1. The minimum atomic E-state index is -1.23. The van der Waals surface area contributed by atoms with Crippen molar-refractivity contribution < 1.29 is 29.3 Å². The fourth-order valence-electron chi connectivity index (χ4n) is 5.07. The lowest BCUT2D eigenvalue weighted by molar-refractivity contribution is -0.154. The van der Waals surface area contributed by atoms with Gasteiger partial charge < -0.3 is 19.7 Å². The molecule has 2 N–H and O–H groups in total. The van der Waals surface area contributed by atoms with E-state index in [1.807, 2.05) is 32.2 Å². The number of ether oxygens (including phenoxy) is 2. The number of rotatable bonds is 2. The molecule has 0 aromatic carbocycles. The molecule has 8 heteroatoms. The van der Waals surface area contributed by atoms with Gasteiger partial charge in [-0.1, -0.05) is 34.1 Å². The molecule has 0 radical (unpaired) electrons. The molecule has 7 nitrogen and oxygen atoms in total. The number of epoxide rings is 1. The molecule has 1 aromatic rings. The summed E-state index contributed by atoms with van der Waals surface area (Å²) in [6.45, 7) is 12.8. The summed E-state index contributed by atoms with van der Waals surface area (Å²) in [6.07, 6.45) is 1.98. The number of aliphatic hydroxyl groups is 2. The van der Waals surface area contributed by atoms with Crippen LogP contribution in [0.25, 0.3) is 6.08 Å². The Morgan fingerprint density at radius 2 is 1.91 bits per heavy atom. The monoisotopic (exact) mass is 507 g/mol. The van der Waals surface area contributed by atoms with Crippen LogP contribution in [0.5, 0.6) is 0 Å². The highest BCUT2D eigenvalue weighted by Crippen LogP contribution is 2.45. The van der Waals surface area contributed by atoms with Crippen LogP contribution < -0.4 is 0 Å². The molecule has 0 aliphatic carbocycles. The van der Waals surface area contributed by atoms with Gasteiger partial charge in [-0.15, -0.1) is 11.3 Å². The maximum Gasteiger partial charge on any atom is 0.309 e. The van der Waals surface area contributed by atoms with Crippen LogP contribution in [0.2, 0.25) is 0 Å². The molecular weight excluding hydrogens is 466 g/mol. The van der Waals surface area contributed by atoms with E-state index in [0.717, 1.165) is 35.5 Å². The summed E-state index contributed by atoms with van der Waals surface area (Å²) in [5.41, 5.74) is 0.179. The second-order valence-electron chi connectivity index (χ2n) is 11.3. The van der Waals surface area contributed by atoms with Crippen molar-refractivity contribution in [2.24, 2.45) is 17.3 Å². The fourth-order valence-corrected chi connectivity index (χ4v) is 5.64. The number of carbonyl (C=O) groups is 2. The quantitative estimate of drug-likeness (QED) is 0.449. The lowest BCUT2D eigenvalue weighted by Crippen LogP contribution is -2.45. The Hall–Kier alpha value is -1.61. The summed E-state index contributed by atoms with van der Waals surface area (Å²) in [4.78, 5) is 30.6. The number of aromatic nitrogens is 1. The van der Waals surface area contributed by atoms with Crippen molar-refractivity contribution in [1.82, 2.24) is 4.98 Å². The van der Waals surface area contributed by atoms with Crippen molar-refractivity contribution in [3.8, 4) is 0 Å². The Morgan fingerprint density at radius 3 is 2.54 bits per heavy atom. The molecule has 0 amide bonds. The molecule has 0 unspecified atom stereocenters. The van der Waals surface area contributed by atoms with Gasteiger partial charge in [0.15, 0.2) is 0 Å². The van der Waals surface area contributed by atoms with Crippen LogP contribution >= 0.6 is 11.3 Å². The SMILES string of the molecule is C/C(=C\c1csc(C)n1)[C@@H]1C[C@@H]2O[C@]2(C)CCC[C@H](C)[C@H](O)[C@H](C)C(=O)C(C)(C)[C@@H](O)CC(=O)O1. The maximum absolute atomic E-state index is 13.2. The van der Waals surface area contributed by atoms with Gasteiger partial charge in [-0.05, 0) is 51.2 Å². The number of nitrogens with zero attached hydrogens (tertiary/aromatic N) is 1. The predicted molar refractivity (Wildman–Crippen MR) is 136 cm³/mol. The average molecular weight is 508 g/mol. The number of carbonyl (C=O) groups excluding carboxylic acids is 2. The Balaban J connectivity index is 1.85. The van der Waals surface area contributed by atoms with E-state index in [4.69, 9.17) is 9.47 Å². The van der Waals surface area contributed by atoms with E-state index in [9.17, 15) is 19.8 Å². The molecule has 1 aromatic heterocycles. The second-order valence-corrected chi connectivity index (χ2v) is 12.3. The highest BCUT2D eigenvalue weighted by Gasteiger charge is 2.53. The number of cyclic esters (lactones) is 1. The molecule has 2 aliphatic rings. The van der Waals surface area contributed by atoms with Gasteiger partial charge in [0, 0.05) is 17.7 Å². The molecule has 3 rings (SSSR count). The van der Waals surface area contributed by atoms with Crippen molar-refractivity contribution in [2.75, 3.05) is 0 Å². The summed E-state index contributed by atoms with van der Waals surface area (Å²) in [6, 6.07) is 0. The number of Topliss-reactive ketones (excluding diaryl/α,β-unsaturated/α-hetero) is 1. The lowest BCUT2D eigenvalue weighted by Gasteiger charge is -2.34. The molecule has 35 heavy (non-hydrogen) atoms. The number of hydrogen-bond donors (Lipinski definition) is 2. The summed E-state index contributed by atoms with van der Waals surface area (Å²) in [5.74, 6) is -1.55. The Morgan fingerprint density at radius 1 is 1.23 bits per heavy atom. The highest BCUT2D eigenvalue weighted by molar-refractivity contribution is 7.09. The van der Waals surface area contributed by atoms with Crippen molar-refractivity contribution in [1.29, 1.82) is 0 Å². The van der Waals surface area contributed by atoms with Crippen LogP contribution in [0.1, 0.15) is 84.3 Å². The molecule has 0 bridgehead atoms. The first-order valence-corrected chi connectivity index (χ1v) is 13.5. The van der Waals surface area contributed by atoms with Crippen LogP contribution in [-0.2, 0) is 19.1 Å². The number of fused-ring (bicyclic) bond motifs is 1. The number of ketones is 1. The van der Waals surface area contributed by atoms with Gasteiger partial charge in [-0.25, -0.2) is 4.98 Å². The van der Waals surface area contributed by atoms with Gasteiger partial charge in [-0.2, -0.15) is 0 Å². The smallest absolute Gasteiger partial charge is 0.309 e. The van der Waals surface area contributed by atoms with E-state index in [2.05, 4.69) is 11.9 Å². The molecule has 0 saturated carbocycles. The zero-order chi connectivity index (χ0) is 26.1. The highest BCUT2D eigenvalue weighted by atomic mass is 32.1. The summed E-state index contributed by atoms with van der Waals surface area (Å²) in [7, 11) is 0. The van der Waals surface area contributed by atoms with E-state index in [0.29, 0.717) is 6.42 Å². The normalized spacial score (nSPS) is 37.5. The first-order valence-electron chi connectivity index (χ1n) is 12.6. The van der Waals surface area contributed by atoms with Crippen LogP contribution in [0, 0.1) is 24.2 Å². The molecule has 2 aliphatic heterocycles. The second kappa shape index (κ2) is 10.8. The molecule has 196 valence electrons. The molecule has 7 atom stereocenters. The summed E-state index contributed by atoms with van der Waals surface area (Å²) >= 11 is 1.56. The summed E-state index contributed by atoms with van der Waals surface area (Å²) < 4.78 is 11.9. The van der Waals surface area contributed by atoms with E-state index in [1.165, 1.54) is 0 Å². The van der Waals surface area contributed by atoms with Crippen molar-refractivity contribution in [3.63, 3.8) is 0 Å². The molecule has 2 saturated heterocycles. The van der Waals surface area contributed by atoms with Gasteiger partial charge in [0.05, 0.1) is 46.5 Å². The first-order chi connectivity index (χ1) is 16.2. The topological polar surface area (TPSA) is 109 Å². The first kappa shape index (κ1) is 28.0. The van der Waals surface area contributed by atoms with E-state index in [1.54, 1.807) is 32.1 Å². The van der Waals surface area contributed by atoms with E-state index in [-0.39, 0.29) is 29.8 Å². The Bertz CT molecular complexity index is 955. The van der Waals surface area contributed by atoms with Crippen molar-refractivity contribution in [3.05, 3.63) is 21.7 Å². The standard InChI is InChI=1S/C27H41NO6S/c1-15-9-8-10-27(7)22(34-27)12-20(16(2)11-19-14-35-18(4)28-19)33-23(30)13-21(29)26(5,6)25(32)17(3)24(15)31/h11,14-15,17,20-22,24,29,31H,8-10,12-13H2,1-7H3/b16-11+/t15-,17-,20-,21-,22-,24-,27+/m0/s1. The molecule has 3 heterocycles. The maximum atomic E-state index is 13.2. The summed E-state index contributed by atoms with van der Waals surface area (Å²) in [5, 5.41) is 24.6. The van der Waals surface area contributed by atoms with Crippen molar-refractivity contribution in [2.45, 2.75) is 111 Å². The number of hydrogen-bond acceptors (Lipinski definition) is 8. The van der Waals surface area contributed by atoms with Gasteiger partial charge in [0.1, 0.15) is 11.9 Å². The third-order valence-electron chi connectivity index (χ3n) is 7.93. The average Bonchev–Trinajstić information content (AvgIpc) is 3.22. The van der Waals surface area contributed by atoms with Crippen LogP contribution in [-0.4, -0.2) is 57.0 Å². The van der Waals surface area contributed by atoms with Gasteiger partial charge in [0.25, 0.3) is 0 Å². The van der Waals surface area contributed by atoms with Crippen LogP contribution in [0.4, 0.5) is 0 Å². The Kier molecular flexibility index (Phi) is 8.62. The largest absolute Gasteiger partial charge is 0.458 e. The van der Waals surface area contributed by atoms with E-state index < -0.39 is 35.6 Å².